The van der Waals surface area contributed by atoms with Gasteiger partial charge in [0.05, 0.1) is 18.5 Å². The fraction of sp³-hybridized carbons (Fsp3) is 0.235. The van der Waals surface area contributed by atoms with Crippen LogP contribution in [0, 0.1) is 0 Å². The molecule has 3 heterocycles. The van der Waals surface area contributed by atoms with Crippen LogP contribution >= 0.6 is 23.1 Å². The summed E-state index contributed by atoms with van der Waals surface area (Å²) in [5, 5.41) is 16.7. The SMILES string of the molecule is COc1ccc(-c2csc3ncnc(Sc4nnnn4C(C)C)c23)cc1. The van der Waals surface area contributed by atoms with Crippen molar-refractivity contribution in [2.24, 2.45) is 0 Å². The second-order valence-corrected chi connectivity index (χ2v) is 7.65. The van der Waals surface area contributed by atoms with Gasteiger partial charge in [0, 0.05) is 10.9 Å². The van der Waals surface area contributed by atoms with E-state index >= 15 is 0 Å². The molecule has 0 saturated carbocycles. The second kappa shape index (κ2) is 7.00. The van der Waals surface area contributed by atoms with Crippen molar-refractivity contribution in [2.75, 3.05) is 7.11 Å². The van der Waals surface area contributed by atoms with E-state index in [9.17, 15) is 0 Å². The number of ether oxygens (including phenoxy) is 1. The van der Waals surface area contributed by atoms with E-state index in [4.69, 9.17) is 4.74 Å². The minimum Gasteiger partial charge on any atom is -0.497 e. The van der Waals surface area contributed by atoms with Gasteiger partial charge in [-0.15, -0.1) is 16.4 Å². The zero-order valence-electron chi connectivity index (χ0n) is 14.4. The van der Waals surface area contributed by atoms with Crippen molar-refractivity contribution in [3.05, 3.63) is 36.0 Å². The lowest BCUT2D eigenvalue weighted by Gasteiger charge is -2.08. The first-order valence-corrected chi connectivity index (χ1v) is 9.69. The fourth-order valence-electron chi connectivity index (χ4n) is 2.57. The highest BCUT2D eigenvalue weighted by Crippen LogP contribution is 2.40. The lowest BCUT2D eigenvalue weighted by molar-refractivity contribution is 0.415. The summed E-state index contributed by atoms with van der Waals surface area (Å²) < 4.78 is 7.04. The number of benzene rings is 1. The first-order chi connectivity index (χ1) is 12.7. The van der Waals surface area contributed by atoms with Gasteiger partial charge in [-0.1, -0.05) is 12.1 Å². The van der Waals surface area contributed by atoms with Gasteiger partial charge in [-0.25, -0.2) is 14.6 Å². The summed E-state index contributed by atoms with van der Waals surface area (Å²) in [6, 6.07) is 8.16. The maximum absolute atomic E-state index is 5.25. The molecule has 0 radical (unpaired) electrons. The van der Waals surface area contributed by atoms with Crippen molar-refractivity contribution in [2.45, 2.75) is 30.1 Å². The molecule has 0 fully saturated rings. The maximum atomic E-state index is 5.25. The molecule has 1 aromatic carbocycles. The molecule has 0 aliphatic heterocycles. The number of fused-ring (bicyclic) bond motifs is 1. The van der Waals surface area contributed by atoms with Crippen LogP contribution in [0.4, 0.5) is 0 Å². The molecule has 4 rings (SSSR count). The average Bonchev–Trinajstić information content (AvgIpc) is 3.29. The van der Waals surface area contributed by atoms with Crippen LogP contribution in [0.25, 0.3) is 21.3 Å². The molecule has 0 atom stereocenters. The molecule has 26 heavy (non-hydrogen) atoms. The minimum absolute atomic E-state index is 0.174. The number of hydrogen-bond acceptors (Lipinski definition) is 8. The van der Waals surface area contributed by atoms with Gasteiger partial charge in [0.2, 0.25) is 5.16 Å². The van der Waals surface area contributed by atoms with Crippen LogP contribution in [0.5, 0.6) is 5.75 Å². The Kier molecular flexibility index (Phi) is 4.56. The molecule has 0 unspecified atom stereocenters. The van der Waals surface area contributed by atoms with Crippen molar-refractivity contribution in [1.29, 1.82) is 0 Å². The quantitative estimate of drug-likeness (QED) is 0.480. The summed E-state index contributed by atoms with van der Waals surface area (Å²) in [4.78, 5) is 9.86. The molecule has 7 nitrogen and oxygen atoms in total. The number of rotatable bonds is 5. The molecule has 0 bridgehead atoms. The van der Waals surface area contributed by atoms with Crippen molar-refractivity contribution in [3.63, 3.8) is 0 Å². The normalized spacial score (nSPS) is 11.4. The molecule has 0 N–H and O–H groups in total. The number of thiophene rings is 1. The van der Waals surface area contributed by atoms with Gasteiger partial charge in [0.1, 0.15) is 21.9 Å². The number of methoxy groups -OCH3 is 1. The van der Waals surface area contributed by atoms with E-state index in [2.05, 4.69) is 30.9 Å². The molecule has 3 aromatic heterocycles. The predicted octanol–water partition coefficient (Wildman–Crippen LogP) is 4.09. The zero-order chi connectivity index (χ0) is 18.1. The van der Waals surface area contributed by atoms with Crippen LogP contribution in [0.3, 0.4) is 0 Å². The Bertz CT molecular complexity index is 1040. The summed E-state index contributed by atoms with van der Waals surface area (Å²) in [7, 11) is 1.66. The molecule has 9 heteroatoms. The van der Waals surface area contributed by atoms with Crippen LogP contribution in [0.1, 0.15) is 19.9 Å². The molecule has 132 valence electrons. The zero-order valence-corrected chi connectivity index (χ0v) is 16.1. The Morgan fingerprint density at radius 3 is 2.69 bits per heavy atom. The van der Waals surface area contributed by atoms with E-state index in [1.807, 2.05) is 38.1 Å². The van der Waals surface area contributed by atoms with E-state index in [1.54, 1.807) is 29.5 Å². The highest BCUT2D eigenvalue weighted by molar-refractivity contribution is 7.99. The molecule has 4 aromatic rings. The number of hydrogen-bond donors (Lipinski definition) is 0. The van der Waals surface area contributed by atoms with Gasteiger partial charge in [-0.05, 0) is 53.7 Å². The third-order valence-corrected chi connectivity index (χ3v) is 5.72. The molecular formula is C17H16N6OS2. The Hall–Kier alpha value is -2.52. The highest BCUT2D eigenvalue weighted by Gasteiger charge is 2.18. The maximum Gasteiger partial charge on any atom is 0.215 e. The van der Waals surface area contributed by atoms with Crippen LogP contribution in [-0.4, -0.2) is 37.3 Å². The Morgan fingerprint density at radius 2 is 1.96 bits per heavy atom. The monoisotopic (exact) mass is 384 g/mol. The Morgan fingerprint density at radius 1 is 1.15 bits per heavy atom. The molecular weight excluding hydrogens is 368 g/mol. The standard InChI is InChI=1S/C17H16N6OS2/c1-10(2)23-17(20-21-22-23)26-16-14-13(8-25-15(14)18-9-19-16)11-4-6-12(24-3)7-5-11/h4-10H,1-3H3. The lowest BCUT2D eigenvalue weighted by Crippen LogP contribution is -2.04. The number of nitrogens with zero attached hydrogens (tertiary/aromatic N) is 6. The largest absolute Gasteiger partial charge is 0.497 e. The first kappa shape index (κ1) is 16.9. The van der Waals surface area contributed by atoms with Crippen LogP contribution < -0.4 is 4.74 Å². The fourth-order valence-corrected chi connectivity index (χ4v) is 4.55. The van der Waals surface area contributed by atoms with Crippen LogP contribution in [0.2, 0.25) is 0 Å². The van der Waals surface area contributed by atoms with Gasteiger partial charge in [-0.2, -0.15) is 0 Å². The van der Waals surface area contributed by atoms with Crippen molar-refractivity contribution in [3.8, 4) is 16.9 Å². The minimum atomic E-state index is 0.174. The van der Waals surface area contributed by atoms with Gasteiger partial charge in [-0.3, -0.25) is 0 Å². The smallest absolute Gasteiger partial charge is 0.215 e. The van der Waals surface area contributed by atoms with E-state index < -0.39 is 0 Å². The molecule has 0 spiro atoms. The van der Waals surface area contributed by atoms with Crippen molar-refractivity contribution < 1.29 is 4.74 Å². The molecule has 0 aliphatic rings. The predicted molar refractivity (Wildman–Crippen MR) is 102 cm³/mol. The molecule has 0 aliphatic carbocycles. The summed E-state index contributed by atoms with van der Waals surface area (Å²) in [5.74, 6) is 0.829. The summed E-state index contributed by atoms with van der Waals surface area (Å²) in [5.41, 5.74) is 2.19. The average molecular weight is 384 g/mol. The number of aromatic nitrogens is 6. The van der Waals surface area contributed by atoms with Gasteiger partial charge in [0.25, 0.3) is 0 Å². The topological polar surface area (TPSA) is 78.6 Å². The van der Waals surface area contributed by atoms with Crippen molar-refractivity contribution in [1.82, 2.24) is 30.2 Å². The van der Waals surface area contributed by atoms with E-state index in [1.165, 1.54) is 11.8 Å². The van der Waals surface area contributed by atoms with Crippen LogP contribution in [0.15, 0.2) is 46.2 Å². The third kappa shape index (κ3) is 3.04. The van der Waals surface area contributed by atoms with E-state index in [-0.39, 0.29) is 6.04 Å². The Labute approximate surface area is 158 Å². The molecule has 0 amide bonds. The van der Waals surface area contributed by atoms with Gasteiger partial charge < -0.3 is 4.74 Å². The molecule has 0 saturated heterocycles. The highest BCUT2D eigenvalue weighted by atomic mass is 32.2. The third-order valence-electron chi connectivity index (χ3n) is 3.88. The van der Waals surface area contributed by atoms with Crippen LogP contribution in [-0.2, 0) is 0 Å². The summed E-state index contributed by atoms with van der Waals surface area (Å²) in [6.45, 7) is 4.09. The van der Waals surface area contributed by atoms with E-state index in [0.29, 0.717) is 5.16 Å². The first-order valence-electron chi connectivity index (χ1n) is 7.99. The van der Waals surface area contributed by atoms with Gasteiger partial charge in [0.15, 0.2) is 0 Å². The summed E-state index contributed by atoms with van der Waals surface area (Å²) in [6.07, 6.45) is 1.59. The lowest BCUT2D eigenvalue weighted by atomic mass is 10.1. The second-order valence-electron chi connectivity index (χ2n) is 5.84. The summed E-state index contributed by atoms with van der Waals surface area (Å²) >= 11 is 3.06. The van der Waals surface area contributed by atoms with Gasteiger partial charge >= 0.3 is 0 Å². The van der Waals surface area contributed by atoms with E-state index in [0.717, 1.165) is 32.1 Å². The Balaban J connectivity index is 1.80. The number of tetrazole rings is 1. The van der Waals surface area contributed by atoms with Crippen molar-refractivity contribution >= 4 is 33.3 Å².